The zero-order valence-corrected chi connectivity index (χ0v) is 14.5. The molecule has 0 radical (unpaired) electrons. The van der Waals surface area contributed by atoms with Crippen molar-refractivity contribution in [3.8, 4) is 5.75 Å². The van der Waals surface area contributed by atoms with Crippen molar-refractivity contribution in [2.24, 2.45) is 0 Å². The molecule has 1 aliphatic rings. The van der Waals surface area contributed by atoms with Crippen molar-refractivity contribution in [1.82, 2.24) is 10.2 Å². The van der Waals surface area contributed by atoms with Crippen molar-refractivity contribution in [3.63, 3.8) is 0 Å². The Morgan fingerprint density at radius 3 is 2.68 bits per heavy atom. The molecule has 1 aromatic carbocycles. The Balaban J connectivity index is 2.01. The lowest BCUT2D eigenvalue weighted by Gasteiger charge is -2.36. The molecule has 140 valence electrons. The molecule has 1 N–H and O–H groups in total. The van der Waals surface area contributed by atoms with Crippen LogP contribution in [0.2, 0.25) is 0 Å². The Bertz CT molecular complexity index is 600. The number of alkyl halides is 3. The van der Waals surface area contributed by atoms with Gasteiger partial charge in [-0.1, -0.05) is 6.07 Å². The lowest BCUT2D eigenvalue weighted by Crippen LogP contribution is -2.56. The Morgan fingerprint density at radius 2 is 2.04 bits per heavy atom. The third-order valence-corrected chi connectivity index (χ3v) is 3.58. The number of nitrogens with one attached hydrogen (secondary N) is 1. The van der Waals surface area contributed by atoms with Crippen molar-refractivity contribution in [2.45, 2.75) is 38.6 Å². The molecule has 1 aromatic rings. The first-order chi connectivity index (χ1) is 11.6. The van der Waals surface area contributed by atoms with E-state index in [1.165, 1.54) is 12.1 Å². The minimum Gasteiger partial charge on any atom is -0.491 e. The quantitative estimate of drug-likeness (QED) is 0.899. The van der Waals surface area contributed by atoms with Crippen molar-refractivity contribution >= 4 is 6.09 Å². The van der Waals surface area contributed by atoms with Gasteiger partial charge in [-0.15, -0.1) is 0 Å². The highest BCUT2D eigenvalue weighted by molar-refractivity contribution is 5.68. The van der Waals surface area contributed by atoms with Crippen LogP contribution in [0.3, 0.4) is 0 Å². The molecule has 0 unspecified atom stereocenters. The number of carbonyl (C=O) groups is 1. The molecule has 0 aliphatic carbocycles. The van der Waals surface area contributed by atoms with Crippen LogP contribution in [0, 0.1) is 0 Å². The molecule has 1 aliphatic heterocycles. The summed E-state index contributed by atoms with van der Waals surface area (Å²) < 4.78 is 49.1. The lowest BCUT2D eigenvalue weighted by atomic mass is 10.2. The molecule has 0 saturated carbocycles. The monoisotopic (exact) mass is 360 g/mol. The van der Waals surface area contributed by atoms with Gasteiger partial charge in [0.15, 0.2) is 0 Å². The molecular formula is C17H23F3N2O3. The molecular weight excluding hydrogens is 337 g/mol. The molecule has 25 heavy (non-hydrogen) atoms. The topological polar surface area (TPSA) is 50.8 Å². The summed E-state index contributed by atoms with van der Waals surface area (Å²) >= 11 is 0. The first kappa shape index (κ1) is 19.4. The number of hydrogen-bond donors (Lipinski definition) is 1. The van der Waals surface area contributed by atoms with E-state index in [1.54, 1.807) is 25.7 Å². The summed E-state index contributed by atoms with van der Waals surface area (Å²) in [5, 5.41) is 3.14. The third kappa shape index (κ3) is 5.81. The van der Waals surface area contributed by atoms with Crippen LogP contribution in [0.4, 0.5) is 18.0 Å². The first-order valence-electron chi connectivity index (χ1n) is 8.07. The maximum absolute atomic E-state index is 12.8. The SMILES string of the molecule is CC(C)(C)OC(=O)N1CCNC[C@H]1COc1cccc(C(F)(F)F)c1. The van der Waals surface area contributed by atoms with E-state index in [1.807, 2.05) is 0 Å². The zero-order valence-electron chi connectivity index (χ0n) is 14.5. The van der Waals surface area contributed by atoms with E-state index in [4.69, 9.17) is 9.47 Å². The van der Waals surface area contributed by atoms with E-state index in [0.717, 1.165) is 12.1 Å². The normalized spacial score (nSPS) is 18.8. The van der Waals surface area contributed by atoms with Crippen molar-refractivity contribution < 1.29 is 27.4 Å². The number of ether oxygens (including phenoxy) is 2. The number of carbonyl (C=O) groups excluding carboxylic acids is 1. The summed E-state index contributed by atoms with van der Waals surface area (Å²) in [6.07, 6.45) is -4.87. The molecule has 0 bridgehead atoms. The number of rotatable bonds is 3. The van der Waals surface area contributed by atoms with Crippen LogP contribution in [0.5, 0.6) is 5.75 Å². The molecule has 2 rings (SSSR count). The van der Waals surface area contributed by atoms with Crippen LogP contribution in [0.25, 0.3) is 0 Å². The van der Waals surface area contributed by atoms with E-state index in [2.05, 4.69) is 5.32 Å². The van der Waals surface area contributed by atoms with Gasteiger partial charge < -0.3 is 14.8 Å². The van der Waals surface area contributed by atoms with Crippen LogP contribution in [0.15, 0.2) is 24.3 Å². The van der Waals surface area contributed by atoms with E-state index in [0.29, 0.717) is 19.6 Å². The highest BCUT2D eigenvalue weighted by atomic mass is 19.4. The van der Waals surface area contributed by atoms with Crippen molar-refractivity contribution in [3.05, 3.63) is 29.8 Å². The van der Waals surface area contributed by atoms with E-state index >= 15 is 0 Å². The fourth-order valence-electron chi connectivity index (χ4n) is 2.43. The number of nitrogens with zero attached hydrogens (tertiary/aromatic N) is 1. The minimum absolute atomic E-state index is 0.0769. The fraction of sp³-hybridized carbons (Fsp3) is 0.588. The van der Waals surface area contributed by atoms with Gasteiger partial charge in [-0.05, 0) is 39.0 Å². The standard InChI is InChI=1S/C17H23F3N2O3/c1-16(2,3)25-15(23)22-8-7-21-10-13(22)11-24-14-6-4-5-12(9-14)17(18,19)20/h4-6,9,13,21H,7-8,10-11H2,1-3H3/t13-/m0/s1. The smallest absolute Gasteiger partial charge is 0.416 e. The fourth-order valence-corrected chi connectivity index (χ4v) is 2.43. The van der Waals surface area contributed by atoms with Crippen LogP contribution >= 0.6 is 0 Å². The second-order valence-electron chi connectivity index (χ2n) is 6.87. The zero-order chi connectivity index (χ0) is 18.7. The Hall–Kier alpha value is -1.96. The molecule has 1 saturated heterocycles. The molecule has 1 heterocycles. The summed E-state index contributed by atoms with van der Waals surface area (Å²) in [5.41, 5.74) is -1.38. The number of halogens is 3. The Morgan fingerprint density at radius 1 is 1.32 bits per heavy atom. The molecule has 1 amide bonds. The maximum Gasteiger partial charge on any atom is 0.416 e. The maximum atomic E-state index is 12.8. The third-order valence-electron chi connectivity index (χ3n) is 3.58. The van der Waals surface area contributed by atoms with Gasteiger partial charge in [0.2, 0.25) is 0 Å². The predicted molar refractivity (Wildman–Crippen MR) is 86.5 cm³/mol. The van der Waals surface area contributed by atoms with Crippen LogP contribution in [-0.4, -0.2) is 48.9 Å². The highest BCUT2D eigenvalue weighted by Gasteiger charge is 2.32. The highest BCUT2D eigenvalue weighted by Crippen LogP contribution is 2.31. The van der Waals surface area contributed by atoms with Crippen LogP contribution in [0.1, 0.15) is 26.3 Å². The van der Waals surface area contributed by atoms with E-state index in [-0.39, 0.29) is 18.4 Å². The predicted octanol–water partition coefficient (Wildman–Crippen LogP) is 3.29. The minimum atomic E-state index is -4.42. The van der Waals surface area contributed by atoms with Gasteiger partial charge in [0.1, 0.15) is 18.0 Å². The van der Waals surface area contributed by atoms with Gasteiger partial charge in [-0.2, -0.15) is 13.2 Å². The van der Waals surface area contributed by atoms with Gasteiger partial charge in [0.05, 0.1) is 11.6 Å². The molecule has 5 nitrogen and oxygen atoms in total. The number of benzene rings is 1. The summed E-state index contributed by atoms with van der Waals surface area (Å²) in [6.45, 7) is 6.97. The van der Waals surface area contributed by atoms with Crippen molar-refractivity contribution in [1.29, 1.82) is 0 Å². The molecule has 1 fully saturated rings. The van der Waals surface area contributed by atoms with Gasteiger partial charge >= 0.3 is 12.3 Å². The van der Waals surface area contributed by atoms with Crippen LogP contribution < -0.4 is 10.1 Å². The summed E-state index contributed by atoms with van der Waals surface area (Å²) in [4.78, 5) is 13.8. The largest absolute Gasteiger partial charge is 0.491 e. The Kier molecular flexibility index (Phi) is 5.82. The molecule has 0 aromatic heterocycles. The lowest BCUT2D eigenvalue weighted by molar-refractivity contribution is -0.137. The summed E-state index contributed by atoms with van der Waals surface area (Å²) in [7, 11) is 0. The van der Waals surface area contributed by atoms with Gasteiger partial charge in [0, 0.05) is 19.6 Å². The average molecular weight is 360 g/mol. The Labute approximate surface area is 145 Å². The molecule has 0 spiro atoms. The first-order valence-corrected chi connectivity index (χ1v) is 8.07. The van der Waals surface area contributed by atoms with E-state index in [9.17, 15) is 18.0 Å². The molecule has 8 heteroatoms. The average Bonchev–Trinajstić information content (AvgIpc) is 2.51. The second kappa shape index (κ2) is 7.51. The molecule has 1 atom stereocenters. The summed E-state index contributed by atoms with van der Waals surface area (Å²) in [6, 6.07) is 4.38. The van der Waals surface area contributed by atoms with Crippen molar-refractivity contribution in [2.75, 3.05) is 26.2 Å². The van der Waals surface area contributed by atoms with Gasteiger partial charge in [-0.25, -0.2) is 4.79 Å². The van der Waals surface area contributed by atoms with Gasteiger partial charge in [-0.3, -0.25) is 4.90 Å². The number of piperazine rings is 1. The van der Waals surface area contributed by atoms with E-state index < -0.39 is 23.4 Å². The van der Waals surface area contributed by atoms with Crippen LogP contribution in [-0.2, 0) is 10.9 Å². The second-order valence-corrected chi connectivity index (χ2v) is 6.87. The van der Waals surface area contributed by atoms with Gasteiger partial charge in [0.25, 0.3) is 0 Å². The number of amides is 1. The summed E-state index contributed by atoms with van der Waals surface area (Å²) in [5.74, 6) is 0.115. The number of hydrogen-bond acceptors (Lipinski definition) is 4.